The van der Waals surface area contributed by atoms with E-state index in [0.29, 0.717) is 33.8 Å². The topological polar surface area (TPSA) is 93.3 Å². The van der Waals surface area contributed by atoms with Gasteiger partial charge in [-0.05, 0) is 17.7 Å². The molecule has 1 unspecified atom stereocenters. The number of carbonyl (C=O) groups is 1. The number of aromatic hydroxyl groups is 1. The SMILES string of the molecule is Cn1c2c(c(=O)n(C)c1=O)C(c1cccc(O)c1)C1=C(N2)c2ccccc2C1=O. The molecule has 29 heavy (non-hydrogen) atoms. The van der Waals surface area contributed by atoms with Gasteiger partial charge >= 0.3 is 5.69 Å². The summed E-state index contributed by atoms with van der Waals surface area (Å²) in [7, 11) is 3.00. The first-order valence-corrected chi connectivity index (χ1v) is 9.14. The number of nitrogens with zero attached hydrogens (tertiary/aromatic N) is 2. The van der Waals surface area contributed by atoms with Crippen molar-refractivity contribution in [3.8, 4) is 5.75 Å². The van der Waals surface area contributed by atoms with Crippen molar-refractivity contribution in [1.29, 1.82) is 0 Å². The Morgan fingerprint density at radius 3 is 2.38 bits per heavy atom. The van der Waals surface area contributed by atoms with E-state index in [-0.39, 0.29) is 11.5 Å². The number of hydrogen-bond acceptors (Lipinski definition) is 5. The maximum Gasteiger partial charge on any atom is 0.332 e. The first-order valence-electron chi connectivity index (χ1n) is 9.14. The van der Waals surface area contributed by atoms with Crippen molar-refractivity contribution in [1.82, 2.24) is 9.13 Å². The lowest BCUT2D eigenvalue weighted by molar-refractivity contribution is 0.103. The Morgan fingerprint density at radius 1 is 0.931 bits per heavy atom. The summed E-state index contributed by atoms with van der Waals surface area (Å²) in [4.78, 5) is 39.0. The number of hydrogen-bond donors (Lipinski definition) is 2. The molecule has 2 aromatic carbocycles. The lowest BCUT2D eigenvalue weighted by Gasteiger charge is -2.29. The number of ketones is 1. The molecule has 7 heteroatoms. The van der Waals surface area contributed by atoms with E-state index in [2.05, 4.69) is 5.32 Å². The van der Waals surface area contributed by atoms with Crippen LogP contribution >= 0.6 is 0 Å². The average molecular weight is 387 g/mol. The molecule has 0 saturated carbocycles. The third-order valence-electron chi connectivity index (χ3n) is 5.68. The summed E-state index contributed by atoms with van der Waals surface area (Å²) < 4.78 is 2.41. The van der Waals surface area contributed by atoms with Crippen LogP contribution in [0.15, 0.2) is 63.7 Å². The molecule has 2 aliphatic rings. The van der Waals surface area contributed by atoms with E-state index in [0.717, 1.165) is 10.1 Å². The Balaban J connectivity index is 1.90. The van der Waals surface area contributed by atoms with E-state index in [4.69, 9.17) is 0 Å². The van der Waals surface area contributed by atoms with Gasteiger partial charge < -0.3 is 10.4 Å². The van der Waals surface area contributed by atoms with Crippen molar-refractivity contribution in [2.45, 2.75) is 5.92 Å². The zero-order valence-electron chi connectivity index (χ0n) is 15.8. The summed E-state index contributed by atoms with van der Waals surface area (Å²) in [5.41, 5.74) is 2.30. The number of phenols is 1. The highest BCUT2D eigenvalue weighted by molar-refractivity contribution is 6.23. The Hall–Kier alpha value is -3.87. The maximum absolute atomic E-state index is 13.3. The number of benzene rings is 2. The number of carbonyl (C=O) groups excluding carboxylic acids is 1. The van der Waals surface area contributed by atoms with E-state index in [1.165, 1.54) is 17.7 Å². The molecule has 2 N–H and O–H groups in total. The normalized spacial score (nSPS) is 16.9. The standard InChI is InChI=1S/C22H17N3O4/c1-24-20-17(21(28)25(2)22(24)29)15(11-6-5-7-12(26)10-11)16-18(23-20)13-8-3-4-9-14(13)19(16)27/h3-10,15,23,26H,1-2H3. The summed E-state index contributed by atoms with van der Waals surface area (Å²) in [6.45, 7) is 0. The van der Waals surface area contributed by atoms with Gasteiger partial charge in [0.1, 0.15) is 11.6 Å². The number of fused-ring (bicyclic) bond motifs is 3. The van der Waals surface area contributed by atoms with Crippen molar-refractivity contribution < 1.29 is 9.90 Å². The number of phenolic OH excluding ortho intramolecular Hbond substituents is 1. The van der Waals surface area contributed by atoms with Crippen LogP contribution in [0, 0.1) is 0 Å². The minimum absolute atomic E-state index is 0.0364. The Morgan fingerprint density at radius 2 is 1.66 bits per heavy atom. The van der Waals surface area contributed by atoms with Crippen LogP contribution in [0.3, 0.4) is 0 Å². The van der Waals surface area contributed by atoms with Crippen molar-refractivity contribution in [2.75, 3.05) is 5.32 Å². The van der Waals surface area contributed by atoms with Crippen molar-refractivity contribution in [3.05, 3.63) is 97.2 Å². The van der Waals surface area contributed by atoms with Gasteiger partial charge in [0.25, 0.3) is 5.56 Å². The quantitative estimate of drug-likeness (QED) is 0.666. The van der Waals surface area contributed by atoms with Gasteiger partial charge in [0, 0.05) is 36.7 Å². The number of anilines is 1. The highest BCUT2D eigenvalue weighted by Gasteiger charge is 2.42. The monoisotopic (exact) mass is 387 g/mol. The number of aromatic nitrogens is 2. The zero-order valence-corrected chi connectivity index (χ0v) is 15.8. The number of nitrogens with one attached hydrogen (secondary N) is 1. The molecule has 144 valence electrons. The minimum Gasteiger partial charge on any atom is -0.508 e. The predicted octanol–water partition coefficient (Wildman–Crippen LogP) is 1.95. The van der Waals surface area contributed by atoms with Crippen LogP contribution in [-0.2, 0) is 14.1 Å². The van der Waals surface area contributed by atoms with Crippen molar-refractivity contribution >= 4 is 17.3 Å². The highest BCUT2D eigenvalue weighted by atomic mass is 16.3. The second-order valence-corrected chi connectivity index (χ2v) is 7.28. The molecule has 5 rings (SSSR count). The third-order valence-corrected chi connectivity index (χ3v) is 5.68. The fourth-order valence-corrected chi connectivity index (χ4v) is 4.29. The van der Waals surface area contributed by atoms with E-state index in [1.807, 2.05) is 12.1 Å². The Bertz CT molecular complexity index is 1380. The summed E-state index contributed by atoms with van der Waals surface area (Å²) in [5, 5.41) is 13.2. The molecule has 7 nitrogen and oxygen atoms in total. The fourth-order valence-electron chi connectivity index (χ4n) is 4.29. The number of allylic oxidation sites excluding steroid dienone is 1. The molecule has 3 aromatic rings. The molecular formula is C22H17N3O4. The smallest absolute Gasteiger partial charge is 0.332 e. The lowest BCUT2D eigenvalue weighted by atomic mass is 9.81. The van der Waals surface area contributed by atoms with E-state index in [9.17, 15) is 19.5 Å². The van der Waals surface area contributed by atoms with E-state index in [1.54, 1.807) is 37.4 Å². The van der Waals surface area contributed by atoms with Crippen LogP contribution in [0.5, 0.6) is 5.75 Å². The van der Waals surface area contributed by atoms with E-state index < -0.39 is 17.2 Å². The first-order chi connectivity index (χ1) is 13.9. The van der Waals surface area contributed by atoms with Gasteiger partial charge in [-0.2, -0.15) is 0 Å². The molecule has 1 aromatic heterocycles. The van der Waals surface area contributed by atoms with E-state index >= 15 is 0 Å². The van der Waals surface area contributed by atoms with Gasteiger partial charge in [0.05, 0.1) is 11.3 Å². The molecule has 1 atom stereocenters. The average Bonchev–Trinajstić information content (AvgIpc) is 3.01. The molecule has 1 aliphatic carbocycles. The van der Waals surface area contributed by atoms with Crippen LogP contribution in [-0.4, -0.2) is 20.0 Å². The lowest BCUT2D eigenvalue weighted by Crippen LogP contribution is -2.42. The van der Waals surface area contributed by atoms with Gasteiger partial charge in [0.2, 0.25) is 0 Å². The van der Waals surface area contributed by atoms with Crippen LogP contribution < -0.4 is 16.6 Å². The second kappa shape index (κ2) is 5.81. The molecular weight excluding hydrogens is 370 g/mol. The predicted molar refractivity (Wildman–Crippen MR) is 108 cm³/mol. The number of rotatable bonds is 1. The zero-order chi connectivity index (χ0) is 20.4. The van der Waals surface area contributed by atoms with Crippen LogP contribution in [0.25, 0.3) is 5.70 Å². The molecule has 0 fully saturated rings. The second-order valence-electron chi connectivity index (χ2n) is 7.28. The summed E-state index contributed by atoms with van der Waals surface area (Å²) >= 11 is 0. The van der Waals surface area contributed by atoms with Crippen LogP contribution in [0.4, 0.5) is 5.82 Å². The Kier molecular flexibility index (Phi) is 3.46. The van der Waals surface area contributed by atoms with Gasteiger partial charge in [0.15, 0.2) is 5.78 Å². The van der Waals surface area contributed by atoms with Crippen molar-refractivity contribution in [2.24, 2.45) is 14.1 Å². The number of Topliss-reactive ketones (excluding diaryl/α,β-unsaturated/α-hetero) is 1. The summed E-state index contributed by atoms with van der Waals surface area (Å²) in [6, 6.07) is 13.7. The van der Waals surface area contributed by atoms with Crippen LogP contribution in [0.1, 0.15) is 33.0 Å². The molecule has 0 bridgehead atoms. The van der Waals surface area contributed by atoms with Gasteiger partial charge in [-0.1, -0.05) is 36.4 Å². The minimum atomic E-state index is -0.709. The fraction of sp³-hybridized carbons (Fsp3) is 0.136. The molecule has 0 amide bonds. The maximum atomic E-state index is 13.3. The largest absolute Gasteiger partial charge is 0.508 e. The summed E-state index contributed by atoms with van der Waals surface area (Å²) in [6.07, 6.45) is 0. The molecule has 0 radical (unpaired) electrons. The third kappa shape index (κ3) is 2.21. The molecule has 1 aliphatic heterocycles. The molecule has 0 saturated heterocycles. The van der Waals surface area contributed by atoms with Gasteiger partial charge in [-0.15, -0.1) is 0 Å². The van der Waals surface area contributed by atoms with Crippen LogP contribution in [0.2, 0.25) is 0 Å². The highest BCUT2D eigenvalue weighted by Crippen LogP contribution is 2.48. The van der Waals surface area contributed by atoms with Gasteiger partial charge in [-0.25, -0.2) is 4.79 Å². The first kappa shape index (κ1) is 17.2. The van der Waals surface area contributed by atoms with Gasteiger partial charge in [-0.3, -0.25) is 18.7 Å². The molecule has 2 heterocycles. The molecule has 0 spiro atoms. The summed E-state index contributed by atoms with van der Waals surface area (Å²) in [5.74, 6) is -0.485. The van der Waals surface area contributed by atoms with Crippen molar-refractivity contribution in [3.63, 3.8) is 0 Å². The Labute approximate surface area is 165 Å².